The molecule has 17 heavy (non-hydrogen) atoms. The molecule has 0 fully saturated rings. The van der Waals surface area contributed by atoms with Crippen LogP contribution in [0.4, 0.5) is 0 Å². The van der Waals surface area contributed by atoms with Crippen LogP contribution in [0.25, 0.3) is 0 Å². The third-order valence-corrected chi connectivity index (χ3v) is 3.95. The standard InChI is InChI=1S/C9H10IN3O3S/c1-5(14)13-7(9(15)16)3-17-8-6(10)2-11-4-12-8/h2,4,7H,3H2,1H3,(H,13,14)(H,15,16). The fraction of sp³-hybridized carbons (Fsp3) is 0.333. The van der Waals surface area contributed by atoms with E-state index in [1.807, 2.05) is 0 Å². The Bertz CT molecular complexity index is 430. The average Bonchev–Trinajstić information content (AvgIpc) is 2.25. The van der Waals surface area contributed by atoms with Crippen molar-refractivity contribution in [3.63, 3.8) is 0 Å². The van der Waals surface area contributed by atoms with Crippen molar-refractivity contribution < 1.29 is 14.7 Å². The van der Waals surface area contributed by atoms with Gasteiger partial charge in [-0.05, 0) is 22.6 Å². The molecule has 1 amide bonds. The average molecular weight is 367 g/mol. The van der Waals surface area contributed by atoms with Crippen LogP contribution in [-0.2, 0) is 9.59 Å². The van der Waals surface area contributed by atoms with Crippen molar-refractivity contribution in [1.82, 2.24) is 15.3 Å². The Morgan fingerprint density at radius 1 is 1.65 bits per heavy atom. The number of halogens is 1. The number of carboxylic acids is 1. The summed E-state index contributed by atoms with van der Waals surface area (Å²) >= 11 is 3.34. The summed E-state index contributed by atoms with van der Waals surface area (Å²) in [7, 11) is 0. The first kappa shape index (κ1) is 14.2. The third kappa shape index (κ3) is 4.86. The zero-order valence-corrected chi connectivity index (χ0v) is 11.9. The quantitative estimate of drug-likeness (QED) is 0.454. The summed E-state index contributed by atoms with van der Waals surface area (Å²) in [6.45, 7) is 1.29. The molecule has 1 heterocycles. The highest BCUT2D eigenvalue weighted by Crippen LogP contribution is 2.21. The van der Waals surface area contributed by atoms with Gasteiger partial charge in [-0.25, -0.2) is 14.8 Å². The number of thioether (sulfide) groups is 1. The molecule has 1 unspecified atom stereocenters. The fourth-order valence-corrected chi connectivity index (χ4v) is 2.62. The Morgan fingerprint density at radius 2 is 2.35 bits per heavy atom. The highest BCUT2D eigenvalue weighted by molar-refractivity contribution is 14.1. The van der Waals surface area contributed by atoms with Crippen LogP contribution in [0, 0.1) is 3.57 Å². The number of hydrogen-bond donors (Lipinski definition) is 2. The van der Waals surface area contributed by atoms with Crippen LogP contribution in [0.3, 0.4) is 0 Å². The molecule has 0 aliphatic rings. The lowest BCUT2D eigenvalue weighted by Gasteiger charge is -2.12. The molecule has 1 atom stereocenters. The van der Waals surface area contributed by atoms with Crippen LogP contribution in [0.15, 0.2) is 17.6 Å². The minimum atomic E-state index is -1.06. The molecule has 6 nitrogen and oxygen atoms in total. The highest BCUT2D eigenvalue weighted by atomic mass is 127. The molecule has 1 rings (SSSR count). The van der Waals surface area contributed by atoms with Gasteiger partial charge in [-0.2, -0.15) is 0 Å². The number of nitrogens with one attached hydrogen (secondary N) is 1. The van der Waals surface area contributed by atoms with E-state index in [-0.39, 0.29) is 11.7 Å². The third-order valence-electron chi connectivity index (χ3n) is 1.70. The first-order valence-electron chi connectivity index (χ1n) is 4.59. The van der Waals surface area contributed by atoms with Gasteiger partial charge in [0.1, 0.15) is 17.4 Å². The number of hydrogen-bond acceptors (Lipinski definition) is 5. The molecule has 92 valence electrons. The van der Waals surface area contributed by atoms with Crippen molar-refractivity contribution >= 4 is 46.2 Å². The molecule has 1 aromatic rings. The first-order chi connectivity index (χ1) is 8.00. The molecular formula is C9H10IN3O3S. The molecule has 0 aliphatic heterocycles. The maximum Gasteiger partial charge on any atom is 0.327 e. The lowest BCUT2D eigenvalue weighted by Crippen LogP contribution is -2.41. The van der Waals surface area contributed by atoms with Crippen molar-refractivity contribution in [2.45, 2.75) is 18.0 Å². The van der Waals surface area contributed by atoms with Gasteiger partial charge in [0.05, 0.1) is 3.57 Å². The van der Waals surface area contributed by atoms with Crippen molar-refractivity contribution in [3.05, 3.63) is 16.1 Å². The van der Waals surface area contributed by atoms with Gasteiger partial charge in [-0.3, -0.25) is 4.79 Å². The maximum absolute atomic E-state index is 10.9. The van der Waals surface area contributed by atoms with Gasteiger partial charge in [0.15, 0.2) is 0 Å². The van der Waals surface area contributed by atoms with Crippen LogP contribution >= 0.6 is 34.4 Å². The topological polar surface area (TPSA) is 92.2 Å². The molecular weight excluding hydrogens is 357 g/mol. The molecule has 2 N–H and O–H groups in total. The van der Waals surface area contributed by atoms with E-state index >= 15 is 0 Å². The lowest BCUT2D eigenvalue weighted by atomic mass is 10.3. The van der Waals surface area contributed by atoms with Crippen LogP contribution in [-0.4, -0.2) is 38.7 Å². The van der Waals surface area contributed by atoms with Crippen molar-refractivity contribution in [3.8, 4) is 0 Å². The van der Waals surface area contributed by atoms with E-state index in [4.69, 9.17) is 5.11 Å². The summed E-state index contributed by atoms with van der Waals surface area (Å²) in [5.74, 6) is -1.20. The second-order valence-electron chi connectivity index (χ2n) is 3.08. The number of amides is 1. The van der Waals surface area contributed by atoms with Crippen LogP contribution in [0.2, 0.25) is 0 Å². The van der Waals surface area contributed by atoms with Gasteiger partial charge in [0.25, 0.3) is 0 Å². The molecule has 0 bridgehead atoms. The maximum atomic E-state index is 10.9. The van der Waals surface area contributed by atoms with Crippen LogP contribution in [0.1, 0.15) is 6.92 Å². The Hall–Kier alpha value is -0.900. The van der Waals surface area contributed by atoms with Gasteiger partial charge >= 0.3 is 5.97 Å². The summed E-state index contributed by atoms with van der Waals surface area (Å²) in [5, 5.41) is 12.0. The second-order valence-corrected chi connectivity index (χ2v) is 5.25. The van der Waals surface area contributed by atoms with E-state index < -0.39 is 12.0 Å². The van der Waals surface area contributed by atoms with Gasteiger partial charge in [0.2, 0.25) is 5.91 Å². The minimum absolute atomic E-state index is 0.224. The molecule has 0 aromatic carbocycles. The van der Waals surface area contributed by atoms with Gasteiger partial charge in [0, 0.05) is 18.9 Å². The molecule has 8 heteroatoms. The normalized spacial score (nSPS) is 11.9. The van der Waals surface area contributed by atoms with Gasteiger partial charge < -0.3 is 10.4 Å². The smallest absolute Gasteiger partial charge is 0.327 e. The van der Waals surface area contributed by atoms with E-state index in [2.05, 4.69) is 37.9 Å². The number of nitrogens with zero attached hydrogens (tertiary/aromatic N) is 2. The van der Waals surface area contributed by atoms with Crippen molar-refractivity contribution in [1.29, 1.82) is 0 Å². The number of rotatable bonds is 5. The number of aliphatic carboxylic acids is 1. The number of carboxylic acid groups (broad SMARTS) is 1. The Kier molecular flexibility index (Phi) is 5.62. The zero-order chi connectivity index (χ0) is 12.8. The van der Waals surface area contributed by atoms with Crippen molar-refractivity contribution in [2.75, 3.05) is 5.75 Å². The summed E-state index contributed by atoms with van der Waals surface area (Å²) in [6, 6.07) is -0.914. The summed E-state index contributed by atoms with van der Waals surface area (Å²) in [5.41, 5.74) is 0. The predicted octanol–water partition coefficient (Wildman–Crippen LogP) is 0.763. The van der Waals surface area contributed by atoms with E-state index in [1.54, 1.807) is 6.20 Å². The minimum Gasteiger partial charge on any atom is -0.480 e. The zero-order valence-electron chi connectivity index (χ0n) is 8.88. The molecule has 1 aromatic heterocycles. The van der Waals surface area contributed by atoms with Crippen LogP contribution < -0.4 is 5.32 Å². The second kappa shape index (κ2) is 6.74. The largest absolute Gasteiger partial charge is 0.480 e. The first-order valence-corrected chi connectivity index (χ1v) is 6.65. The van der Waals surface area contributed by atoms with E-state index in [1.165, 1.54) is 25.0 Å². The SMILES string of the molecule is CC(=O)NC(CSc1ncncc1I)C(=O)O. The summed E-state index contributed by atoms with van der Waals surface area (Å²) in [4.78, 5) is 29.6. The molecule has 0 saturated carbocycles. The Morgan fingerprint density at radius 3 is 2.88 bits per heavy atom. The van der Waals surface area contributed by atoms with Gasteiger partial charge in [-0.15, -0.1) is 11.8 Å². The van der Waals surface area contributed by atoms with E-state index in [9.17, 15) is 9.59 Å². The van der Waals surface area contributed by atoms with Gasteiger partial charge in [-0.1, -0.05) is 0 Å². The number of aromatic nitrogens is 2. The molecule has 0 spiro atoms. The Labute approximate surface area is 116 Å². The molecule has 0 radical (unpaired) electrons. The monoisotopic (exact) mass is 367 g/mol. The number of carbonyl (C=O) groups is 2. The van der Waals surface area contributed by atoms with E-state index in [0.717, 1.165) is 3.57 Å². The lowest BCUT2D eigenvalue weighted by molar-refractivity contribution is -0.140. The summed E-state index contributed by atoms with van der Waals surface area (Å²) in [6.07, 6.45) is 3.04. The predicted molar refractivity (Wildman–Crippen MR) is 70.7 cm³/mol. The van der Waals surface area contributed by atoms with Crippen molar-refractivity contribution in [2.24, 2.45) is 0 Å². The highest BCUT2D eigenvalue weighted by Gasteiger charge is 2.19. The van der Waals surface area contributed by atoms with E-state index in [0.29, 0.717) is 5.03 Å². The van der Waals surface area contributed by atoms with Crippen LogP contribution in [0.5, 0.6) is 0 Å². The Balaban J connectivity index is 2.61. The molecule has 0 saturated heterocycles. The fourth-order valence-electron chi connectivity index (χ4n) is 0.990. The summed E-state index contributed by atoms with van der Waals surface area (Å²) < 4.78 is 0.849. The molecule has 0 aliphatic carbocycles. The number of carbonyl (C=O) groups excluding carboxylic acids is 1.